The highest BCUT2D eigenvalue weighted by Gasteiger charge is 2.26. The molecule has 0 heterocycles. The zero-order valence-corrected chi connectivity index (χ0v) is 10.1. The number of halogens is 1. The number of fused-ring (bicyclic) bond motifs is 1. The van der Waals surface area contributed by atoms with Crippen LogP contribution in [0.3, 0.4) is 0 Å². The van der Waals surface area contributed by atoms with Gasteiger partial charge in [-0.25, -0.2) is 0 Å². The van der Waals surface area contributed by atoms with Crippen molar-refractivity contribution >= 4 is 33.6 Å². The van der Waals surface area contributed by atoms with E-state index >= 15 is 0 Å². The highest BCUT2D eigenvalue weighted by atomic mass is 79.9. The van der Waals surface area contributed by atoms with E-state index in [9.17, 15) is 9.59 Å². The predicted molar refractivity (Wildman–Crippen MR) is 66.3 cm³/mol. The van der Waals surface area contributed by atoms with Crippen LogP contribution in [0.15, 0.2) is 40.9 Å². The maximum Gasteiger partial charge on any atom is 0.233 e. The Kier molecular flexibility index (Phi) is 2.88. The quantitative estimate of drug-likeness (QED) is 0.614. The molecule has 0 aliphatic heterocycles. The van der Waals surface area contributed by atoms with E-state index in [-0.39, 0.29) is 0 Å². The van der Waals surface area contributed by atoms with Gasteiger partial charge in [-0.2, -0.15) is 0 Å². The number of carbonyl (C=O) groups is 2. The highest BCUT2D eigenvalue weighted by Crippen LogP contribution is 2.26. The Morgan fingerprint density at radius 3 is 2.69 bits per heavy atom. The van der Waals surface area contributed by atoms with Crippen molar-refractivity contribution in [1.29, 1.82) is 0 Å². The Morgan fingerprint density at radius 1 is 1.25 bits per heavy atom. The lowest BCUT2D eigenvalue weighted by Crippen LogP contribution is -2.21. The monoisotopic (exact) mass is 276 g/mol. The topological polar surface area (TPSA) is 34.1 Å². The number of carbonyl (C=O) groups excluding carboxylic acids is 2. The number of Topliss-reactive ketones (excluding diaryl/α,β-unsaturated/α-hetero) is 2. The van der Waals surface area contributed by atoms with Gasteiger partial charge in [0.1, 0.15) is 0 Å². The van der Waals surface area contributed by atoms with E-state index < -0.39 is 11.6 Å². The second kappa shape index (κ2) is 4.18. The molecule has 0 atom stereocenters. The van der Waals surface area contributed by atoms with Crippen molar-refractivity contribution < 1.29 is 9.59 Å². The van der Waals surface area contributed by atoms with Crippen LogP contribution in [0.5, 0.6) is 0 Å². The molecule has 0 N–H and O–H groups in total. The molecule has 0 aromatic heterocycles. The number of hydrogen-bond acceptors (Lipinski definition) is 2. The Labute approximate surface area is 102 Å². The van der Waals surface area contributed by atoms with E-state index in [0.29, 0.717) is 17.6 Å². The third-order valence-corrected chi connectivity index (χ3v) is 2.94. The summed E-state index contributed by atoms with van der Waals surface area (Å²) in [6.07, 6.45) is 3.81. The van der Waals surface area contributed by atoms with Gasteiger partial charge in [-0.05, 0) is 36.3 Å². The van der Waals surface area contributed by atoms with Gasteiger partial charge in [0.15, 0.2) is 0 Å². The second-order valence-electron chi connectivity index (χ2n) is 3.55. The van der Waals surface area contributed by atoms with E-state index in [4.69, 9.17) is 0 Å². The molecule has 3 heteroatoms. The van der Waals surface area contributed by atoms with E-state index in [1.54, 1.807) is 24.3 Å². The fourth-order valence-electron chi connectivity index (χ4n) is 1.69. The number of hydrogen-bond donors (Lipinski definition) is 0. The first kappa shape index (κ1) is 11.0. The molecule has 1 aromatic rings. The van der Waals surface area contributed by atoms with Crippen LogP contribution in [-0.2, 0) is 4.79 Å². The first-order valence-corrected chi connectivity index (χ1v) is 5.63. The minimum absolute atomic E-state index is 0.422. The van der Waals surface area contributed by atoms with Crippen molar-refractivity contribution in [1.82, 2.24) is 0 Å². The normalized spacial score (nSPS) is 14.4. The molecule has 0 spiro atoms. The molecule has 2 nitrogen and oxygen atoms in total. The molecule has 0 saturated heterocycles. The van der Waals surface area contributed by atoms with Crippen LogP contribution in [-0.4, -0.2) is 11.6 Å². The Hall–Kier alpha value is -1.48. The van der Waals surface area contributed by atoms with E-state index in [1.807, 2.05) is 6.07 Å². The lowest BCUT2D eigenvalue weighted by Gasteiger charge is -2.13. The van der Waals surface area contributed by atoms with Crippen LogP contribution in [0, 0.1) is 0 Å². The van der Waals surface area contributed by atoms with Gasteiger partial charge in [-0.3, -0.25) is 9.59 Å². The fraction of sp³-hybridized carbons (Fsp3) is 0.0769. The summed E-state index contributed by atoms with van der Waals surface area (Å²) < 4.78 is 0.891. The SMILES string of the molecule is C=CCC1=Cc2cc(Br)ccc2C(=O)C1=O. The summed E-state index contributed by atoms with van der Waals surface area (Å²) >= 11 is 3.34. The van der Waals surface area contributed by atoms with Crippen molar-refractivity contribution in [2.75, 3.05) is 0 Å². The maximum atomic E-state index is 11.8. The molecule has 0 saturated carbocycles. The van der Waals surface area contributed by atoms with Gasteiger partial charge in [0.2, 0.25) is 11.6 Å². The summed E-state index contributed by atoms with van der Waals surface area (Å²) in [5.74, 6) is -0.850. The van der Waals surface area contributed by atoms with Gasteiger partial charge in [0, 0.05) is 15.6 Å². The van der Waals surface area contributed by atoms with Gasteiger partial charge in [0.25, 0.3) is 0 Å². The third kappa shape index (κ3) is 1.78. The molecule has 1 aliphatic rings. The summed E-state index contributed by atoms with van der Waals surface area (Å²) in [5, 5.41) is 0. The van der Waals surface area contributed by atoms with Crippen molar-refractivity contribution in [2.24, 2.45) is 0 Å². The van der Waals surface area contributed by atoms with Crippen molar-refractivity contribution in [3.63, 3.8) is 0 Å². The van der Waals surface area contributed by atoms with Gasteiger partial charge in [-0.15, -0.1) is 6.58 Å². The van der Waals surface area contributed by atoms with Crippen molar-refractivity contribution in [2.45, 2.75) is 6.42 Å². The summed E-state index contributed by atoms with van der Waals surface area (Å²) in [4.78, 5) is 23.5. The highest BCUT2D eigenvalue weighted by molar-refractivity contribution is 9.10. The molecule has 0 amide bonds. The lowest BCUT2D eigenvalue weighted by molar-refractivity contribution is -0.111. The number of benzene rings is 1. The Morgan fingerprint density at radius 2 is 2.00 bits per heavy atom. The molecule has 16 heavy (non-hydrogen) atoms. The second-order valence-corrected chi connectivity index (χ2v) is 4.47. The molecule has 1 aromatic carbocycles. The van der Waals surface area contributed by atoms with Crippen LogP contribution in [0.25, 0.3) is 6.08 Å². The van der Waals surface area contributed by atoms with Gasteiger partial charge < -0.3 is 0 Å². The zero-order valence-electron chi connectivity index (χ0n) is 8.50. The van der Waals surface area contributed by atoms with Gasteiger partial charge >= 0.3 is 0 Å². The first-order chi connectivity index (χ1) is 7.63. The molecule has 80 valence electrons. The zero-order chi connectivity index (χ0) is 11.7. The number of allylic oxidation sites excluding steroid dienone is 2. The van der Waals surface area contributed by atoms with Crippen molar-refractivity contribution in [3.8, 4) is 0 Å². The maximum absolute atomic E-state index is 11.8. The number of rotatable bonds is 2. The summed E-state index contributed by atoms with van der Waals surface area (Å²) in [6.45, 7) is 3.57. The van der Waals surface area contributed by atoms with Gasteiger partial charge in [-0.1, -0.05) is 22.0 Å². The molecule has 0 bridgehead atoms. The molecular weight excluding hydrogens is 268 g/mol. The van der Waals surface area contributed by atoms with Crippen LogP contribution in [0.1, 0.15) is 22.3 Å². The van der Waals surface area contributed by atoms with Crippen LogP contribution >= 0.6 is 15.9 Å². The van der Waals surface area contributed by atoms with Crippen LogP contribution < -0.4 is 0 Å². The molecule has 0 unspecified atom stereocenters. The van der Waals surface area contributed by atoms with Gasteiger partial charge in [0.05, 0.1) is 0 Å². The smallest absolute Gasteiger partial charge is 0.233 e. The van der Waals surface area contributed by atoms with Crippen molar-refractivity contribution in [3.05, 3.63) is 52.0 Å². The summed E-state index contributed by atoms with van der Waals surface area (Å²) in [6, 6.07) is 5.26. The average molecular weight is 277 g/mol. The summed E-state index contributed by atoms with van der Waals surface area (Å²) in [5.41, 5.74) is 1.77. The fourth-order valence-corrected chi connectivity index (χ4v) is 2.07. The lowest BCUT2D eigenvalue weighted by atomic mass is 9.89. The molecule has 0 radical (unpaired) electrons. The van der Waals surface area contributed by atoms with Crippen LogP contribution in [0.4, 0.5) is 0 Å². The standard InChI is InChI=1S/C13H9BrO2/c1-2-3-8-6-9-7-10(14)4-5-11(9)13(16)12(8)15/h2,4-7H,1,3H2. The number of ketones is 2. The molecular formula is C13H9BrO2. The van der Waals surface area contributed by atoms with E-state index in [2.05, 4.69) is 22.5 Å². The average Bonchev–Trinajstić information content (AvgIpc) is 2.25. The minimum atomic E-state index is -0.429. The first-order valence-electron chi connectivity index (χ1n) is 4.83. The minimum Gasteiger partial charge on any atom is -0.285 e. The summed E-state index contributed by atoms with van der Waals surface area (Å²) in [7, 11) is 0. The molecule has 0 fully saturated rings. The third-order valence-electron chi connectivity index (χ3n) is 2.45. The molecule has 2 rings (SSSR count). The van der Waals surface area contributed by atoms with E-state index in [0.717, 1.165) is 10.0 Å². The van der Waals surface area contributed by atoms with Crippen LogP contribution in [0.2, 0.25) is 0 Å². The Bertz CT molecular complexity index is 527. The molecule has 1 aliphatic carbocycles. The predicted octanol–water partition coefficient (Wildman–Crippen LogP) is 3.17. The Balaban J connectivity index is 2.59. The van der Waals surface area contributed by atoms with E-state index in [1.165, 1.54) is 0 Å². The largest absolute Gasteiger partial charge is 0.285 e.